The average molecular weight is 892 g/mol. The monoisotopic (exact) mass is 891 g/mol. The second-order valence-corrected chi connectivity index (χ2v) is 15.8. The molecule has 1 saturated carbocycles. The summed E-state index contributed by atoms with van der Waals surface area (Å²) in [5.41, 5.74) is 3.34. The van der Waals surface area contributed by atoms with Crippen LogP contribution in [-0.4, -0.2) is 192 Å². The van der Waals surface area contributed by atoms with Gasteiger partial charge in [0.15, 0.2) is 0 Å². The molecule has 3 aromatic heterocycles. The van der Waals surface area contributed by atoms with Gasteiger partial charge in [-0.25, -0.2) is 0 Å². The molecule has 0 aliphatic heterocycles. The Hall–Kier alpha value is -3.63. The van der Waals surface area contributed by atoms with Crippen LogP contribution in [0.15, 0.2) is 30.5 Å². The van der Waals surface area contributed by atoms with Gasteiger partial charge in [-0.3, -0.25) is 4.90 Å². The van der Waals surface area contributed by atoms with Crippen molar-refractivity contribution < 1.29 is 65.2 Å². The molecular weight excluding hydrogens is 835 g/mol. The number of hydrogen-bond donors (Lipinski definition) is 12. The molecule has 21 heteroatoms. The van der Waals surface area contributed by atoms with Gasteiger partial charge >= 0.3 is 187 Å². The summed E-state index contributed by atoms with van der Waals surface area (Å²) in [6, 6.07) is 6.58. The van der Waals surface area contributed by atoms with Crippen molar-refractivity contribution in [1.29, 1.82) is 0 Å². The molecule has 0 unspecified atom stereocenters. The Bertz CT molecular complexity index is 1980. The topological polar surface area (TPSA) is 305 Å². The predicted octanol–water partition coefficient (Wildman–Crippen LogP) is -4.59. The molecule has 2 amide bonds. The van der Waals surface area contributed by atoms with Crippen molar-refractivity contribution in [3.63, 3.8) is 0 Å². The van der Waals surface area contributed by atoms with Crippen LogP contribution in [0.4, 0.5) is 5.82 Å². The van der Waals surface area contributed by atoms with Crippen LogP contribution in [0, 0.1) is 0 Å². The zero-order valence-corrected chi connectivity index (χ0v) is 34.8. The normalized spacial score (nSPS) is 20.2. The van der Waals surface area contributed by atoms with Crippen LogP contribution in [0.5, 0.6) is 0 Å². The third kappa shape index (κ3) is 10.5. The molecule has 1 aliphatic rings. The van der Waals surface area contributed by atoms with Gasteiger partial charge in [-0.2, -0.15) is 0 Å². The number of nitrogens with zero attached hydrogens (tertiary/aromatic N) is 6. The van der Waals surface area contributed by atoms with Crippen molar-refractivity contribution in [3.8, 4) is 0 Å². The second-order valence-electron chi connectivity index (χ2n) is 15.0. The number of aryl methyl sites for hydroxylation is 2. The van der Waals surface area contributed by atoms with E-state index in [0.29, 0.717) is 65.8 Å². The summed E-state index contributed by atoms with van der Waals surface area (Å²) >= 11 is 2.35. The first-order chi connectivity index (χ1) is 28.2. The number of imidazole rings is 1. The van der Waals surface area contributed by atoms with Gasteiger partial charge in [0, 0.05) is 19.1 Å². The van der Waals surface area contributed by atoms with E-state index < -0.39 is 62.0 Å². The quantitative estimate of drug-likeness (QED) is 0.0213. The number of aromatic amines is 1. The van der Waals surface area contributed by atoms with Crippen molar-refractivity contribution in [3.05, 3.63) is 41.9 Å². The Balaban J connectivity index is 1.30. The van der Waals surface area contributed by atoms with Crippen molar-refractivity contribution >= 4 is 61.7 Å². The van der Waals surface area contributed by atoms with Crippen LogP contribution in [0.2, 0.25) is 0 Å². The Labute approximate surface area is 348 Å². The number of nitrogens with one attached hydrogen (secondary N) is 2. The Morgan fingerprint density at radius 3 is 2.05 bits per heavy atom. The number of anilines is 1. The molecule has 12 N–H and O–H groups in total. The number of carbonyl (C=O) groups excluding carboxylic acids is 2. The number of benzene rings is 1. The summed E-state index contributed by atoms with van der Waals surface area (Å²) in [6.45, 7) is 2.85. The number of rotatable bonds is 21. The predicted molar refractivity (Wildman–Crippen MR) is 212 cm³/mol. The van der Waals surface area contributed by atoms with Crippen LogP contribution in [0.25, 0.3) is 22.2 Å². The maximum atomic E-state index is 13.7. The van der Waals surface area contributed by atoms with Gasteiger partial charge in [-0.1, -0.05) is 0 Å². The van der Waals surface area contributed by atoms with Gasteiger partial charge in [0.25, 0.3) is 0 Å². The zero-order valence-electron chi connectivity index (χ0n) is 32.9. The molecule has 1 aliphatic carbocycles. The fourth-order valence-electron chi connectivity index (χ4n) is 7.82. The summed E-state index contributed by atoms with van der Waals surface area (Å²) in [4.78, 5) is 41.5. The van der Waals surface area contributed by atoms with Crippen LogP contribution < -0.4 is 19.3 Å². The zero-order chi connectivity index (χ0) is 43.1. The molecule has 0 saturated heterocycles. The average Bonchev–Trinajstić information content (AvgIpc) is 3.83. The van der Waals surface area contributed by atoms with E-state index in [0.717, 1.165) is 23.3 Å². The van der Waals surface area contributed by atoms with Crippen LogP contribution in [0.1, 0.15) is 55.7 Å². The molecule has 0 spiro atoms. The summed E-state index contributed by atoms with van der Waals surface area (Å²) in [7, 11) is 0. The standard InChI is InChI=1S/C38H55AsN8O12/c1-3-46-24-10-5-20(13-25(24)47(4-2)30(46)16-45(19-50)37-35(39)43-36-23(42-37)11-12-40-36)38(59)41-21-6-8-22(9-7-21)44(14-26(51)31(55)33(57)28(53)17-48)15-27(52)32(56)34(58)29(54)18-49/h5,10-13,19,21-22,26-29,31-34,48-49,51-58H,3-4,6-9,14-18H2,1-2H3,(H-,40,41,42,43,59)/p+1/t21?,22?,26-,27-,28+,29+,31+,32+,33+,34+/m0/s1. The van der Waals surface area contributed by atoms with Crippen LogP contribution >= 0.6 is 0 Å². The molecule has 1 fully saturated rings. The van der Waals surface area contributed by atoms with E-state index >= 15 is 0 Å². The number of carbonyl (C=O) groups is 2. The number of amides is 2. The van der Waals surface area contributed by atoms with Crippen molar-refractivity contribution in [2.24, 2.45) is 0 Å². The fourth-order valence-corrected chi connectivity index (χ4v) is 8.40. The third-order valence-electron chi connectivity index (χ3n) is 11.2. The van der Waals surface area contributed by atoms with Crippen LogP contribution in [-0.2, 0) is 24.4 Å². The molecule has 3 heterocycles. The molecule has 5 rings (SSSR count). The first kappa shape index (κ1) is 46.4. The molecule has 4 aromatic rings. The van der Waals surface area contributed by atoms with Gasteiger partial charge in [-0.15, -0.1) is 0 Å². The van der Waals surface area contributed by atoms with Gasteiger partial charge in [-0.05, 0) is 25.7 Å². The fraction of sp³-hybridized carbons (Fsp3) is 0.605. The van der Waals surface area contributed by atoms with Gasteiger partial charge in [0.05, 0.1) is 25.4 Å². The Kier molecular flexibility index (Phi) is 16.3. The summed E-state index contributed by atoms with van der Waals surface area (Å²) in [5.74, 6) is 0.939. The minimum absolute atomic E-state index is 0.194. The van der Waals surface area contributed by atoms with Crippen LogP contribution in [0.3, 0.4) is 0 Å². The van der Waals surface area contributed by atoms with E-state index in [1.807, 2.05) is 26.0 Å². The van der Waals surface area contributed by atoms with Gasteiger partial charge in [0.2, 0.25) is 0 Å². The maximum absolute atomic E-state index is 13.7. The van der Waals surface area contributed by atoms with E-state index in [4.69, 9.17) is 0 Å². The van der Waals surface area contributed by atoms with E-state index in [1.165, 1.54) is 4.90 Å². The number of fused-ring (bicyclic) bond motifs is 2. The molecule has 0 bridgehead atoms. The molecule has 324 valence electrons. The number of aliphatic hydroxyl groups excluding tert-OH is 10. The van der Waals surface area contributed by atoms with Crippen molar-refractivity contribution in [2.45, 2.75) is 120 Å². The van der Waals surface area contributed by atoms with Crippen molar-refractivity contribution in [1.82, 2.24) is 29.7 Å². The second kappa shape index (κ2) is 20.8. The van der Waals surface area contributed by atoms with E-state index in [-0.39, 0.29) is 37.6 Å². The summed E-state index contributed by atoms with van der Waals surface area (Å²) in [5, 5.41) is 104. The third-order valence-corrected chi connectivity index (χ3v) is 11.8. The molecule has 8 atom stereocenters. The first-order valence-corrected chi connectivity index (χ1v) is 20.6. The summed E-state index contributed by atoms with van der Waals surface area (Å²) < 4.78 is 4.68. The number of aliphatic hydroxyl groups is 10. The SMILES string of the molecule is CCn1c(CN(C=O)c2nc3cc[nH]c3nc2[As])[n+](CC)c2ccc(C(=O)NC3CCC(N(C[C@H](O)[C@@H](O)[C@H](O)[C@H](O)CO)C[C@H](O)[C@@H](O)[C@H](O)[C@H](O)CO)CC3)cc21. The number of aromatic nitrogens is 5. The number of H-pyrrole nitrogens is 1. The first-order valence-electron chi connectivity index (χ1n) is 19.7. The molecular formula is C38H56AsN8O12+. The van der Waals surface area contributed by atoms with E-state index in [2.05, 4.69) is 46.3 Å². The van der Waals surface area contributed by atoms with Crippen molar-refractivity contribution in [2.75, 3.05) is 31.2 Å². The summed E-state index contributed by atoms with van der Waals surface area (Å²) in [6.07, 6.45) is -10.2. The Morgan fingerprint density at radius 2 is 1.51 bits per heavy atom. The number of hydrogen-bond acceptors (Lipinski definition) is 15. The molecule has 20 nitrogen and oxygen atoms in total. The Morgan fingerprint density at radius 1 is 0.915 bits per heavy atom. The van der Waals surface area contributed by atoms with Gasteiger partial charge in [0.1, 0.15) is 36.6 Å². The van der Waals surface area contributed by atoms with Gasteiger partial charge < -0.3 is 51.1 Å². The molecule has 2 radical (unpaired) electrons. The van der Waals surface area contributed by atoms with E-state index in [1.54, 1.807) is 23.2 Å². The molecule has 59 heavy (non-hydrogen) atoms. The van der Waals surface area contributed by atoms with E-state index in [9.17, 15) is 60.7 Å². The minimum atomic E-state index is -1.90. The molecule has 1 aromatic carbocycles.